The number of nitrogens with zero attached hydrogens (tertiary/aromatic N) is 2. The smallest absolute Gasteiger partial charge is 0.261 e. The van der Waals surface area contributed by atoms with Gasteiger partial charge in [-0.05, 0) is 87.0 Å². The van der Waals surface area contributed by atoms with E-state index in [1.54, 1.807) is 48.7 Å². The molecule has 0 aliphatic carbocycles. The van der Waals surface area contributed by atoms with Crippen LogP contribution in [0.4, 0.5) is 5.69 Å². The number of ether oxygens (including phenoxy) is 3. The third kappa shape index (κ3) is 9.27. The molecule has 4 atom stereocenters. The van der Waals surface area contributed by atoms with Crippen molar-refractivity contribution in [2.75, 3.05) is 45.2 Å². The highest BCUT2D eigenvalue weighted by molar-refractivity contribution is 7.92. The largest absolute Gasteiger partial charge is 0.497 e. The zero-order valence-electron chi connectivity index (χ0n) is 27.9. The first-order chi connectivity index (χ1) is 22.8. The summed E-state index contributed by atoms with van der Waals surface area (Å²) in [5.41, 5.74) is 0.276. The Morgan fingerprint density at radius 1 is 1.10 bits per heavy atom. The van der Waals surface area contributed by atoms with E-state index >= 15 is 0 Å². The van der Waals surface area contributed by atoms with Crippen molar-refractivity contribution < 1.29 is 40.9 Å². The highest BCUT2D eigenvalue weighted by Crippen LogP contribution is 2.30. The third-order valence-corrected chi connectivity index (χ3v) is 12.9. The van der Waals surface area contributed by atoms with Crippen LogP contribution in [0.1, 0.15) is 50.4 Å². The summed E-state index contributed by atoms with van der Waals surface area (Å²) < 4.78 is 74.7. The first-order valence-electron chi connectivity index (χ1n) is 15.8. The normalized spacial score (nSPS) is 20.8. The second-order valence-corrected chi connectivity index (χ2v) is 16.9. The van der Waals surface area contributed by atoms with Gasteiger partial charge in [0.05, 0.1) is 42.4 Å². The SMILES string of the molecule is COc1ccc(S(=O)(=O)Nc2ccc3c(c2)C(=O)N([C@H](C)CO)C[C@H](C)[C@@H](CN(C)S(=O)(=O)c2cccs2)OCCCC[C@@H](C)O3)cc1. The van der Waals surface area contributed by atoms with Crippen molar-refractivity contribution in [3.63, 3.8) is 0 Å². The standard InChI is InChI=1S/C33H45N3O9S3/c1-23-20-36(24(2)22-37)33(38)29-19-26(34-47(39,40)28-14-12-27(43-5)13-15-28)11-16-30(29)45-25(3)9-6-7-17-44-31(23)21-35(4)48(41,42)32-10-8-18-46-32/h8,10-16,18-19,23-25,31,34,37H,6-7,9,17,20-22H2,1-5H3/t23-,24+,25+,31+/m0/s1. The molecule has 0 fully saturated rings. The van der Waals surface area contributed by atoms with Crippen LogP contribution in [0.5, 0.6) is 11.5 Å². The van der Waals surface area contributed by atoms with Crippen molar-refractivity contribution in [3.05, 3.63) is 65.5 Å². The lowest BCUT2D eigenvalue weighted by Crippen LogP contribution is -2.48. The van der Waals surface area contributed by atoms with Crippen LogP contribution >= 0.6 is 11.3 Å². The number of hydrogen-bond acceptors (Lipinski definition) is 10. The highest BCUT2D eigenvalue weighted by atomic mass is 32.2. The molecule has 0 saturated heterocycles. The Morgan fingerprint density at radius 2 is 1.83 bits per heavy atom. The van der Waals surface area contributed by atoms with Gasteiger partial charge in [-0.3, -0.25) is 9.52 Å². The Morgan fingerprint density at radius 3 is 2.48 bits per heavy atom. The van der Waals surface area contributed by atoms with E-state index in [1.165, 1.54) is 41.6 Å². The number of aliphatic hydroxyl groups excluding tert-OH is 1. The predicted molar refractivity (Wildman–Crippen MR) is 185 cm³/mol. The molecule has 1 aliphatic rings. The maximum Gasteiger partial charge on any atom is 0.261 e. The number of rotatable bonds is 10. The fourth-order valence-electron chi connectivity index (χ4n) is 5.33. The first kappa shape index (κ1) is 37.6. The van der Waals surface area contributed by atoms with Gasteiger partial charge >= 0.3 is 0 Å². The van der Waals surface area contributed by atoms with Gasteiger partial charge in [0.1, 0.15) is 15.7 Å². The second-order valence-electron chi connectivity index (χ2n) is 12.0. The van der Waals surface area contributed by atoms with E-state index < -0.39 is 38.1 Å². The maximum absolute atomic E-state index is 14.4. The summed E-state index contributed by atoms with van der Waals surface area (Å²) >= 11 is 1.14. The van der Waals surface area contributed by atoms with Crippen molar-refractivity contribution in [1.82, 2.24) is 9.21 Å². The predicted octanol–water partition coefficient (Wildman–Crippen LogP) is 4.67. The molecule has 2 heterocycles. The maximum atomic E-state index is 14.4. The van der Waals surface area contributed by atoms with Crippen molar-refractivity contribution in [3.8, 4) is 11.5 Å². The van der Waals surface area contributed by atoms with E-state index in [0.717, 1.165) is 17.8 Å². The summed E-state index contributed by atoms with van der Waals surface area (Å²) in [4.78, 5) is 15.9. The van der Waals surface area contributed by atoms with Crippen molar-refractivity contribution in [1.29, 1.82) is 0 Å². The minimum atomic E-state index is -4.01. The van der Waals surface area contributed by atoms with Gasteiger partial charge < -0.3 is 24.2 Å². The van der Waals surface area contributed by atoms with Crippen LogP contribution < -0.4 is 14.2 Å². The van der Waals surface area contributed by atoms with E-state index in [-0.39, 0.29) is 57.8 Å². The number of likely N-dealkylation sites (N-methyl/N-ethyl adjacent to an activating group) is 1. The Kier molecular flexibility index (Phi) is 12.9. The van der Waals surface area contributed by atoms with Gasteiger partial charge in [0.2, 0.25) is 0 Å². The van der Waals surface area contributed by atoms with Crippen molar-refractivity contribution in [2.45, 2.75) is 67.4 Å². The lowest BCUT2D eigenvalue weighted by Gasteiger charge is -2.35. The minimum Gasteiger partial charge on any atom is -0.497 e. The van der Waals surface area contributed by atoms with E-state index in [0.29, 0.717) is 25.2 Å². The van der Waals surface area contributed by atoms with Gasteiger partial charge in [-0.15, -0.1) is 11.3 Å². The van der Waals surface area contributed by atoms with E-state index in [1.807, 2.05) is 13.8 Å². The van der Waals surface area contributed by atoms with Crippen LogP contribution in [-0.2, 0) is 24.8 Å². The fraction of sp³-hybridized carbons (Fsp3) is 0.485. The lowest BCUT2D eigenvalue weighted by atomic mass is 10.0. The molecule has 2 aromatic carbocycles. The number of carbonyl (C=O) groups is 1. The molecule has 1 aliphatic heterocycles. The molecular formula is C33H45N3O9S3. The Hall–Kier alpha value is -3.21. The summed E-state index contributed by atoms with van der Waals surface area (Å²) in [6.07, 6.45) is 1.30. The molecule has 1 amide bonds. The van der Waals surface area contributed by atoms with Gasteiger partial charge in [0.15, 0.2) is 0 Å². The summed E-state index contributed by atoms with van der Waals surface area (Å²) in [6, 6.07) is 13.1. The number of thiophene rings is 1. The van der Waals surface area contributed by atoms with E-state index in [4.69, 9.17) is 14.2 Å². The number of aliphatic hydroxyl groups is 1. The van der Waals surface area contributed by atoms with Crippen LogP contribution in [0.25, 0.3) is 0 Å². The average Bonchev–Trinajstić information content (AvgIpc) is 3.62. The van der Waals surface area contributed by atoms with Crippen LogP contribution in [0.3, 0.4) is 0 Å². The molecule has 0 unspecified atom stereocenters. The van der Waals surface area contributed by atoms with Crippen molar-refractivity contribution in [2.24, 2.45) is 5.92 Å². The molecule has 3 aromatic rings. The number of methoxy groups -OCH3 is 1. The van der Waals surface area contributed by atoms with Crippen LogP contribution in [-0.4, -0.2) is 95.8 Å². The second kappa shape index (κ2) is 16.5. The van der Waals surface area contributed by atoms with Gasteiger partial charge in [-0.2, -0.15) is 4.31 Å². The van der Waals surface area contributed by atoms with Crippen LogP contribution in [0, 0.1) is 5.92 Å². The molecule has 12 nitrogen and oxygen atoms in total. The lowest BCUT2D eigenvalue weighted by molar-refractivity contribution is -0.00832. The number of anilines is 1. The Bertz CT molecular complexity index is 1720. The van der Waals surface area contributed by atoms with E-state index in [9.17, 15) is 26.7 Å². The molecule has 1 aromatic heterocycles. The van der Waals surface area contributed by atoms with Crippen LogP contribution in [0.2, 0.25) is 0 Å². The molecule has 0 radical (unpaired) electrons. The molecule has 2 N–H and O–H groups in total. The van der Waals surface area contributed by atoms with Crippen molar-refractivity contribution >= 4 is 43.0 Å². The molecule has 4 rings (SSSR count). The van der Waals surface area contributed by atoms with Gasteiger partial charge in [-0.1, -0.05) is 13.0 Å². The quantitative estimate of drug-likeness (QED) is 0.304. The monoisotopic (exact) mass is 723 g/mol. The number of nitrogens with one attached hydrogen (secondary N) is 1. The summed E-state index contributed by atoms with van der Waals surface area (Å²) in [5.74, 6) is -0.0411. The zero-order valence-corrected chi connectivity index (χ0v) is 30.3. The summed E-state index contributed by atoms with van der Waals surface area (Å²) in [6.45, 7) is 5.71. The summed E-state index contributed by atoms with van der Waals surface area (Å²) in [7, 11) is -4.76. The van der Waals surface area contributed by atoms with Gasteiger partial charge in [0.25, 0.3) is 26.0 Å². The molecule has 0 spiro atoms. The molecule has 264 valence electrons. The zero-order chi connectivity index (χ0) is 35.1. The number of sulfonamides is 2. The molecule has 0 bridgehead atoms. The van der Waals surface area contributed by atoms with Gasteiger partial charge in [0, 0.05) is 38.3 Å². The molecular weight excluding hydrogens is 679 g/mol. The molecule has 15 heteroatoms. The van der Waals surface area contributed by atoms with Gasteiger partial charge in [-0.25, -0.2) is 16.8 Å². The third-order valence-electron chi connectivity index (χ3n) is 8.27. The Labute approximate surface area is 287 Å². The topological polar surface area (TPSA) is 152 Å². The minimum absolute atomic E-state index is 0.0149. The highest BCUT2D eigenvalue weighted by Gasteiger charge is 2.33. The number of fused-ring (bicyclic) bond motifs is 1. The number of hydrogen-bond donors (Lipinski definition) is 2. The Balaban J connectivity index is 1.67. The molecule has 48 heavy (non-hydrogen) atoms. The number of carbonyl (C=O) groups excluding carboxylic acids is 1. The number of benzene rings is 2. The van der Waals surface area contributed by atoms with E-state index in [2.05, 4.69) is 4.72 Å². The fourth-order valence-corrected chi connectivity index (χ4v) is 8.77. The molecule has 0 saturated carbocycles. The average molecular weight is 724 g/mol. The van der Waals surface area contributed by atoms with Crippen LogP contribution in [0.15, 0.2) is 69.1 Å². The first-order valence-corrected chi connectivity index (χ1v) is 19.6. The summed E-state index contributed by atoms with van der Waals surface area (Å²) in [5, 5.41) is 11.9. The number of amides is 1.